The van der Waals surface area contributed by atoms with Crippen LogP contribution in [0.15, 0.2) is 51.7 Å². The van der Waals surface area contributed by atoms with Crippen molar-refractivity contribution in [2.24, 2.45) is 0 Å². The lowest BCUT2D eigenvalue weighted by molar-refractivity contribution is -0.138. The topological polar surface area (TPSA) is 67.5 Å². The van der Waals surface area contributed by atoms with Gasteiger partial charge < -0.3 is 9.52 Å². The Morgan fingerprint density at radius 1 is 1.04 bits per heavy atom. The average molecular weight is 322 g/mol. The molecular weight excluding hydrogens is 304 g/mol. The van der Waals surface area contributed by atoms with Crippen molar-refractivity contribution in [1.82, 2.24) is 0 Å². The first-order valence-electron chi connectivity index (χ1n) is 7.75. The molecule has 0 saturated carbocycles. The fourth-order valence-electron chi connectivity index (χ4n) is 2.75. The molecule has 0 amide bonds. The second-order valence-corrected chi connectivity index (χ2v) is 6.13. The van der Waals surface area contributed by atoms with Gasteiger partial charge in [0.15, 0.2) is 5.43 Å². The maximum absolute atomic E-state index is 12.5. The van der Waals surface area contributed by atoms with E-state index in [2.05, 4.69) is 0 Å². The SMILES string of the molecule is Cc1ccc(-c2cc(=O)c3cc(C)cc(C(C)C(=O)O)c3o2)cc1. The van der Waals surface area contributed by atoms with Crippen molar-refractivity contribution in [2.75, 3.05) is 0 Å². The van der Waals surface area contributed by atoms with Gasteiger partial charge in [-0.25, -0.2) is 0 Å². The predicted molar refractivity (Wildman–Crippen MR) is 93.4 cm³/mol. The van der Waals surface area contributed by atoms with Gasteiger partial charge in [-0.3, -0.25) is 9.59 Å². The second kappa shape index (κ2) is 5.96. The van der Waals surface area contributed by atoms with Crippen LogP contribution in [0.2, 0.25) is 0 Å². The van der Waals surface area contributed by atoms with Gasteiger partial charge >= 0.3 is 5.97 Å². The summed E-state index contributed by atoms with van der Waals surface area (Å²) in [6.45, 7) is 5.41. The van der Waals surface area contributed by atoms with Gasteiger partial charge in [-0.15, -0.1) is 0 Å². The maximum atomic E-state index is 12.5. The molecule has 0 aliphatic heterocycles. The highest BCUT2D eigenvalue weighted by atomic mass is 16.4. The highest BCUT2D eigenvalue weighted by molar-refractivity contribution is 5.88. The molecule has 1 atom stereocenters. The zero-order valence-corrected chi connectivity index (χ0v) is 13.8. The zero-order chi connectivity index (χ0) is 17.4. The summed E-state index contributed by atoms with van der Waals surface area (Å²) in [6.07, 6.45) is 0. The van der Waals surface area contributed by atoms with Crippen LogP contribution in [0.5, 0.6) is 0 Å². The van der Waals surface area contributed by atoms with E-state index in [0.717, 1.165) is 16.7 Å². The van der Waals surface area contributed by atoms with E-state index in [9.17, 15) is 14.7 Å². The Labute approximate surface area is 139 Å². The van der Waals surface area contributed by atoms with E-state index in [1.165, 1.54) is 6.07 Å². The molecule has 0 saturated heterocycles. The Morgan fingerprint density at radius 2 is 1.71 bits per heavy atom. The molecule has 0 spiro atoms. The van der Waals surface area contributed by atoms with Crippen molar-refractivity contribution in [2.45, 2.75) is 26.7 Å². The Kier molecular flexibility index (Phi) is 3.97. The largest absolute Gasteiger partial charge is 0.481 e. The third-order valence-corrected chi connectivity index (χ3v) is 4.17. The molecule has 122 valence electrons. The summed E-state index contributed by atoms with van der Waals surface area (Å²) in [4.78, 5) is 23.9. The Bertz CT molecular complexity index is 981. The van der Waals surface area contributed by atoms with Crippen LogP contribution < -0.4 is 5.43 Å². The van der Waals surface area contributed by atoms with Gasteiger partial charge in [0.25, 0.3) is 0 Å². The quantitative estimate of drug-likeness (QED) is 0.782. The molecule has 0 bridgehead atoms. The van der Waals surface area contributed by atoms with Gasteiger partial charge in [0.05, 0.1) is 11.3 Å². The van der Waals surface area contributed by atoms with Crippen molar-refractivity contribution in [3.05, 3.63) is 69.4 Å². The summed E-state index contributed by atoms with van der Waals surface area (Å²) in [5.41, 5.74) is 3.42. The first kappa shape index (κ1) is 16.0. The van der Waals surface area contributed by atoms with Crippen LogP contribution in [0.1, 0.15) is 29.5 Å². The number of hydrogen-bond donors (Lipinski definition) is 1. The van der Waals surface area contributed by atoms with E-state index in [4.69, 9.17) is 4.42 Å². The lowest BCUT2D eigenvalue weighted by Gasteiger charge is -2.12. The second-order valence-electron chi connectivity index (χ2n) is 6.13. The molecule has 1 N–H and O–H groups in total. The van der Waals surface area contributed by atoms with E-state index in [0.29, 0.717) is 22.3 Å². The molecule has 0 radical (unpaired) electrons. The molecule has 0 aliphatic carbocycles. The van der Waals surface area contributed by atoms with E-state index in [1.807, 2.05) is 38.1 Å². The van der Waals surface area contributed by atoms with Gasteiger partial charge in [0.2, 0.25) is 0 Å². The molecule has 1 aromatic heterocycles. The van der Waals surface area contributed by atoms with Crippen molar-refractivity contribution in [3.63, 3.8) is 0 Å². The third-order valence-electron chi connectivity index (χ3n) is 4.17. The number of aliphatic carboxylic acids is 1. The van der Waals surface area contributed by atoms with Crippen LogP contribution in [-0.4, -0.2) is 11.1 Å². The smallest absolute Gasteiger partial charge is 0.310 e. The first-order chi connectivity index (χ1) is 11.4. The standard InChI is InChI=1S/C20H18O4/c1-11-4-6-14(7-5-11)18-10-17(21)16-9-12(2)8-15(19(16)24-18)13(3)20(22)23/h4-10,13H,1-3H3,(H,22,23). The summed E-state index contributed by atoms with van der Waals surface area (Å²) in [5.74, 6) is -1.27. The fourth-order valence-corrected chi connectivity index (χ4v) is 2.75. The van der Waals surface area contributed by atoms with Gasteiger partial charge in [0, 0.05) is 17.2 Å². The monoisotopic (exact) mass is 322 g/mol. The number of benzene rings is 2. The van der Waals surface area contributed by atoms with E-state index in [1.54, 1.807) is 19.1 Å². The Balaban J connectivity index is 2.31. The summed E-state index contributed by atoms with van der Waals surface area (Å²) < 4.78 is 5.96. The predicted octanol–water partition coefficient (Wildman–Crippen LogP) is 4.26. The van der Waals surface area contributed by atoms with E-state index in [-0.39, 0.29) is 5.43 Å². The van der Waals surface area contributed by atoms with Crippen molar-refractivity contribution in [1.29, 1.82) is 0 Å². The Morgan fingerprint density at radius 3 is 2.33 bits per heavy atom. The number of fused-ring (bicyclic) bond motifs is 1. The van der Waals surface area contributed by atoms with Crippen molar-refractivity contribution in [3.8, 4) is 11.3 Å². The summed E-state index contributed by atoms with van der Waals surface area (Å²) in [5, 5.41) is 9.76. The lowest BCUT2D eigenvalue weighted by Crippen LogP contribution is -2.10. The number of carboxylic acids is 1. The van der Waals surface area contributed by atoms with Crippen molar-refractivity contribution >= 4 is 16.9 Å². The number of carboxylic acid groups (broad SMARTS) is 1. The molecule has 4 heteroatoms. The molecule has 24 heavy (non-hydrogen) atoms. The van der Waals surface area contributed by atoms with Crippen LogP contribution >= 0.6 is 0 Å². The minimum absolute atomic E-state index is 0.172. The lowest BCUT2D eigenvalue weighted by atomic mass is 9.96. The Hall–Kier alpha value is -2.88. The summed E-state index contributed by atoms with van der Waals surface area (Å²) >= 11 is 0. The molecule has 3 rings (SSSR count). The van der Waals surface area contributed by atoms with E-state index >= 15 is 0 Å². The molecule has 3 aromatic rings. The summed E-state index contributed by atoms with van der Waals surface area (Å²) in [6, 6.07) is 12.6. The molecule has 4 nitrogen and oxygen atoms in total. The third kappa shape index (κ3) is 2.83. The van der Waals surface area contributed by atoms with Crippen LogP contribution in [-0.2, 0) is 4.79 Å². The summed E-state index contributed by atoms with van der Waals surface area (Å²) in [7, 11) is 0. The number of rotatable bonds is 3. The first-order valence-corrected chi connectivity index (χ1v) is 7.75. The minimum Gasteiger partial charge on any atom is -0.481 e. The molecule has 1 unspecified atom stereocenters. The number of carbonyl (C=O) groups is 1. The van der Waals surface area contributed by atoms with Gasteiger partial charge in [-0.2, -0.15) is 0 Å². The molecule has 0 aliphatic rings. The highest BCUT2D eigenvalue weighted by Gasteiger charge is 2.20. The van der Waals surface area contributed by atoms with Gasteiger partial charge in [-0.1, -0.05) is 35.9 Å². The molecule has 0 fully saturated rings. The zero-order valence-electron chi connectivity index (χ0n) is 13.8. The minimum atomic E-state index is -0.953. The number of aryl methyl sites for hydroxylation is 2. The van der Waals surface area contributed by atoms with Crippen molar-refractivity contribution < 1.29 is 14.3 Å². The maximum Gasteiger partial charge on any atom is 0.310 e. The van der Waals surface area contributed by atoms with Gasteiger partial charge in [0.1, 0.15) is 11.3 Å². The normalized spacial score (nSPS) is 12.3. The molecule has 2 aromatic carbocycles. The van der Waals surface area contributed by atoms with Crippen LogP contribution in [0.4, 0.5) is 0 Å². The van der Waals surface area contributed by atoms with Crippen LogP contribution in [0, 0.1) is 13.8 Å². The highest BCUT2D eigenvalue weighted by Crippen LogP contribution is 2.29. The fraction of sp³-hybridized carbons (Fsp3) is 0.200. The van der Waals surface area contributed by atoms with Crippen LogP contribution in [0.25, 0.3) is 22.3 Å². The average Bonchev–Trinajstić information content (AvgIpc) is 2.54. The molecular formula is C20H18O4. The number of hydrogen-bond acceptors (Lipinski definition) is 3. The molecule has 1 heterocycles. The van der Waals surface area contributed by atoms with Gasteiger partial charge in [-0.05, 0) is 32.4 Å². The van der Waals surface area contributed by atoms with E-state index < -0.39 is 11.9 Å². The van der Waals surface area contributed by atoms with Crippen LogP contribution in [0.3, 0.4) is 0 Å².